The van der Waals surface area contributed by atoms with Gasteiger partial charge in [-0.25, -0.2) is 0 Å². The van der Waals surface area contributed by atoms with Crippen LogP contribution in [0, 0.1) is 0 Å². The molecular formula is C15H16Cl2Te. The van der Waals surface area contributed by atoms with Crippen LogP contribution in [0.2, 0.25) is 3.97 Å². The molecule has 0 radical (unpaired) electrons. The van der Waals surface area contributed by atoms with Gasteiger partial charge in [-0.2, -0.15) is 0 Å². The molecule has 0 saturated carbocycles. The molecule has 2 rings (SSSR count). The van der Waals surface area contributed by atoms with E-state index in [2.05, 4.69) is 43.3 Å². The molecule has 96 valence electrons. The number of hydrogen-bond acceptors (Lipinski definition) is 0. The van der Waals surface area contributed by atoms with Crippen LogP contribution in [0.5, 0.6) is 0 Å². The van der Waals surface area contributed by atoms with E-state index in [1.165, 1.54) is 5.56 Å². The first-order valence-corrected chi connectivity index (χ1v) is 14.3. The third-order valence-corrected chi connectivity index (χ3v) is 15.3. The molecule has 0 bridgehead atoms. The van der Waals surface area contributed by atoms with Crippen LogP contribution in [0.4, 0.5) is 0 Å². The van der Waals surface area contributed by atoms with Crippen molar-refractivity contribution in [2.75, 3.05) is 0 Å². The quantitative estimate of drug-likeness (QED) is 0.672. The van der Waals surface area contributed by atoms with Gasteiger partial charge in [-0.15, -0.1) is 0 Å². The topological polar surface area (TPSA) is 0 Å². The molecule has 3 heteroatoms. The van der Waals surface area contributed by atoms with Gasteiger partial charge >= 0.3 is 121 Å². The molecule has 0 aliphatic heterocycles. The average molecular weight is 395 g/mol. The van der Waals surface area contributed by atoms with Crippen molar-refractivity contribution in [3.05, 3.63) is 66.2 Å². The van der Waals surface area contributed by atoms with Gasteiger partial charge in [0.15, 0.2) is 0 Å². The van der Waals surface area contributed by atoms with Crippen LogP contribution in [0.1, 0.15) is 12.5 Å². The van der Waals surface area contributed by atoms with Gasteiger partial charge in [-0.1, -0.05) is 0 Å². The SMILES string of the molecule is C[C@H](Cc1ccccc1)[Te](Cl)(Cl)c1ccccc1. The zero-order valence-corrected chi connectivity index (χ0v) is 14.1. The maximum atomic E-state index is 6.72. The molecule has 0 aliphatic carbocycles. The predicted molar refractivity (Wildman–Crippen MR) is 83.1 cm³/mol. The third kappa shape index (κ3) is 3.43. The van der Waals surface area contributed by atoms with E-state index in [0.29, 0.717) is 3.97 Å². The molecule has 2 aromatic rings. The van der Waals surface area contributed by atoms with Gasteiger partial charge in [-0.05, 0) is 0 Å². The van der Waals surface area contributed by atoms with E-state index in [1.807, 2.05) is 24.3 Å². The van der Waals surface area contributed by atoms with Crippen molar-refractivity contribution in [1.82, 2.24) is 0 Å². The zero-order valence-electron chi connectivity index (χ0n) is 10.2. The second kappa shape index (κ2) is 6.31. The van der Waals surface area contributed by atoms with Crippen LogP contribution < -0.4 is 3.61 Å². The molecule has 0 saturated heterocycles. The van der Waals surface area contributed by atoms with Crippen LogP contribution in [0.15, 0.2) is 60.7 Å². The van der Waals surface area contributed by atoms with Crippen molar-refractivity contribution >= 4 is 37.5 Å². The molecule has 0 unspecified atom stereocenters. The Balaban J connectivity index is 2.15. The van der Waals surface area contributed by atoms with Crippen molar-refractivity contribution < 1.29 is 0 Å². The van der Waals surface area contributed by atoms with E-state index < -0.39 is 15.9 Å². The molecular weight excluding hydrogens is 379 g/mol. The van der Waals surface area contributed by atoms with Gasteiger partial charge in [0.1, 0.15) is 0 Å². The standard InChI is InChI=1S/C15H16Cl2Te/c1-13(12-14-8-4-2-5-9-14)18(16,17)15-10-6-3-7-11-15/h2-11,13H,12H2,1H3/t13-/m1/s1. The van der Waals surface area contributed by atoms with Gasteiger partial charge in [0, 0.05) is 0 Å². The Hall–Kier alpha value is -0.190. The van der Waals surface area contributed by atoms with E-state index in [1.54, 1.807) is 0 Å². The number of rotatable bonds is 4. The van der Waals surface area contributed by atoms with Gasteiger partial charge in [-0.3, -0.25) is 0 Å². The first kappa shape index (κ1) is 14.2. The third-order valence-electron chi connectivity index (χ3n) is 2.93. The van der Waals surface area contributed by atoms with Crippen LogP contribution in [-0.2, 0) is 6.42 Å². The summed E-state index contributed by atoms with van der Waals surface area (Å²) in [7, 11) is 13.4. The van der Waals surface area contributed by atoms with Crippen molar-refractivity contribution in [1.29, 1.82) is 0 Å². The van der Waals surface area contributed by atoms with E-state index in [-0.39, 0.29) is 0 Å². The molecule has 0 N–H and O–H groups in total. The van der Waals surface area contributed by atoms with Crippen molar-refractivity contribution in [2.45, 2.75) is 17.3 Å². The summed E-state index contributed by atoms with van der Waals surface area (Å²) in [5, 5.41) is 0. The van der Waals surface area contributed by atoms with Crippen LogP contribution in [-0.4, -0.2) is 15.9 Å². The van der Waals surface area contributed by atoms with Crippen LogP contribution in [0.3, 0.4) is 0 Å². The number of benzene rings is 2. The molecule has 18 heavy (non-hydrogen) atoms. The summed E-state index contributed by atoms with van der Waals surface area (Å²) in [6.07, 6.45) is 0.948. The first-order chi connectivity index (χ1) is 8.60. The molecule has 0 amide bonds. The predicted octanol–water partition coefficient (Wildman–Crippen LogP) is 4.45. The van der Waals surface area contributed by atoms with Gasteiger partial charge in [0.2, 0.25) is 0 Å². The molecule has 1 atom stereocenters. The van der Waals surface area contributed by atoms with E-state index in [9.17, 15) is 0 Å². The monoisotopic (exact) mass is 396 g/mol. The Labute approximate surface area is 120 Å². The first-order valence-electron chi connectivity index (χ1n) is 5.91. The normalized spacial score (nSPS) is 14.2. The van der Waals surface area contributed by atoms with Crippen molar-refractivity contribution in [2.24, 2.45) is 0 Å². The van der Waals surface area contributed by atoms with Gasteiger partial charge in [0.05, 0.1) is 0 Å². The zero-order chi connectivity index (χ0) is 13.0. The minimum absolute atomic E-state index is 0.334. The fourth-order valence-electron chi connectivity index (χ4n) is 1.88. The number of halogens is 2. The summed E-state index contributed by atoms with van der Waals surface area (Å²) in [6, 6.07) is 20.5. The van der Waals surface area contributed by atoms with Gasteiger partial charge < -0.3 is 0 Å². The Morgan fingerprint density at radius 3 is 1.94 bits per heavy atom. The Kier molecular flexibility index (Phi) is 4.98. The van der Waals surface area contributed by atoms with Crippen molar-refractivity contribution in [3.8, 4) is 0 Å². The average Bonchev–Trinajstić information content (AvgIpc) is 2.41. The Bertz CT molecular complexity index is 482. The fourth-order valence-corrected chi connectivity index (χ4v) is 8.07. The minimum atomic E-state index is -3.00. The van der Waals surface area contributed by atoms with Crippen molar-refractivity contribution in [3.63, 3.8) is 0 Å². The second-order valence-corrected chi connectivity index (χ2v) is 18.5. The van der Waals surface area contributed by atoms with Gasteiger partial charge in [0.25, 0.3) is 0 Å². The summed E-state index contributed by atoms with van der Waals surface area (Å²) in [5.74, 6) is 0. The molecule has 0 aliphatic rings. The molecule has 0 nitrogen and oxygen atoms in total. The Morgan fingerprint density at radius 1 is 0.889 bits per heavy atom. The number of hydrogen-bond donors (Lipinski definition) is 0. The fraction of sp³-hybridized carbons (Fsp3) is 0.200. The molecule has 0 aromatic heterocycles. The van der Waals surface area contributed by atoms with E-state index >= 15 is 0 Å². The maximum absolute atomic E-state index is 6.72. The summed E-state index contributed by atoms with van der Waals surface area (Å²) in [6.45, 7) is 2.17. The summed E-state index contributed by atoms with van der Waals surface area (Å²) in [5.41, 5.74) is 1.30. The van der Waals surface area contributed by atoms with Crippen LogP contribution in [0.25, 0.3) is 0 Å². The molecule has 0 fully saturated rings. The van der Waals surface area contributed by atoms with E-state index in [4.69, 9.17) is 17.9 Å². The Morgan fingerprint density at radius 2 is 1.39 bits per heavy atom. The second-order valence-electron chi connectivity index (χ2n) is 4.32. The van der Waals surface area contributed by atoms with E-state index in [0.717, 1.165) is 10.0 Å². The van der Waals surface area contributed by atoms with Crippen LogP contribution >= 0.6 is 17.9 Å². The summed E-state index contributed by atoms with van der Waals surface area (Å²) in [4.78, 5) is 0. The summed E-state index contributed by atoms with van der Waals surface area (Å²) < 4.78 is 1.48. The molecule has 0 heterocycles. The molecule has 0 spiro atoms. The summed E-state index contributed by atoms with van der Waals surface area (Å²) >= 11 is -3.00. The molecule has 2 aromatic carbocycles.